The molecule has 2 fully saturated rings. The quantitative estimate of drug-likeness (QED) is 0.686. The van der Waals surface area contributed by atoms with Gasteiger partial charge in [0.25, 0.3) is 0 Å². The second kappa shape index (κ2) is 3.19. The SMILES string of the molecule is C=CC(=O)[C@@]1(OC)C[C@H]2CC[C@]1(C)C2(C)C. The molecule has 16 heavy (non-hydrogen) atoms. The largest absolute Gasteiger partial charge is 0.369 e. The van der Waals surface area contributed by atoms with E-state index in [1.807, 2.05) is 0 Å². The summed E-state index contributed by atoms with van der Waals surface area (Å²) in [5.74, 6) is 0.661. The van der Waals surface area contributed by atoms with E-state index >= 15 is 0 Å². The van der Waals surface area contributed by atoms with Gasteiger partial charge in [0.1, 0.15) is 5.60 Å². The third-order valence-electron chi connectivity index (χ3n) is 5.79. The van der Waals surface area contributed by atoms with Crippen molar-refractivity contribution in [2.45, 2.75) is 45.6 Å². The zero-order valence-electron chi connectivity index (χ0n) is 10.8. The first-order valence-corrected chi connectivity index (χ1v) is 6.08. The number of ether oxygens (including phenoxy) is 1. The van der Waals surface area contributed by atoms with Gasteiger partial charge in [-0.25, -0.2) is 0 Å². The van der Waals surface area contributed by atoms with Gasteiger partial charge in [-0.3, -0.25) is 4.79 Å². The van der Waals surface area contributed by atoms with E-state index in [9.17, 15) is 4.79 Å². The Morgan fingerprint density at radius 1 is 1.44 bits per heavy atom. The predicted molar refractivity (Wildman–Crippen MR) is 64.2 cm³/mol. The molecule has 0 radical (unpaired) electrons. The summed E-state index contributed by atoms with van der Waals surface area (Å²) >= 11 is 0. The molecular formula is C14H22O2. The number of carbonyl (C=O) groups is 1. The molecule has 2 aliphatic carbocycles. The van der Waals surface area contributed by atoms with E-state index in [0.29, 0.717) is 5.92 Å². The van der Waals surface area contributed by atoms with Crippen molar-refractivity contribution in [2.75, 3.05) is 7.11 Å². The molecule has 2 aliphatic rings. The van der Waals surface area contributed by atoms with E-state index in [4.69, 9.17) is 4.74 Å². The van der Waals surface area contributed by atoms with Crippen LogP contribution in [0.1, 0.15) is 40.0 Å². The number of methoxy groups -OCH3 is 1. The number of rotatable bonds is 3. The van der Waals surface area contributed by atoms with Gasteiger partial charge in [-0.05, 0) is 36.7 Å². The highest BCUT2D eigenvalue weighted by molar-refractivity contribution is 5.98. The van der Waals surface area contributed by atoms with Crippen molar-refractivity contribution in [3.05, 3.63) is 12.7 Å². The van der Waals surface area contributed by atoms with Gasteiger partial charge in [-0.15, -0.1) is 0 Å². The minimum atomic E-state index is -0.624. The van der Waals surface area contributed by atoms with Crippen LogP contribution in [0.2, 0.25) is 0 Å². The van der Waals surface area contributed by atoms with Gasteiger partial charge < -0.3 is 4.74 Å². The van der Waals surface area contributed by atoms with Gasteiger partial charge in [-0.2, -0.15) is 0 Å². The van der Waals surface area contributed by atoms with Crippen LogP contribution in [0.3, 0.4) is 0 Å². The Kier molecular flexibility index (Phi) is 2.36. The van der Waals surface area contributed by atoms with E-state index in [1.54, 1.807) is 7.11 Å². The first-order valence-electron chi connectivity index (χ1n) is 6.08. The van der Waals surface area contributed by atoms with Crippen LogP contribution in [-0.2, 0) is 9.53 Å². The molecule has 2 bridgehead atoms. The minimum absolute atomic E-state index is 0.0509. The van der Waals surface area contributed by atoms with Crippen molar-refractivity contribution in [3.63, 3.8) is 0 Å². The zero-order valence-corrected chi connectivity index (χ0v) is 10.8. The van der Waals surface area contributed by atoms with Crippen LogP contribution in [0.15, 0.2) is 12.7 Å². The zero-order chi connectivity index (χ0) is 12.2. The van der Waals surface area contributed by atoms with E-state index < -0.39 is 5.60 Å². The van der Waals surface area contributed by atoms with Crippen molar-refractivity contribution in [3.8, 4) is 0 Å². The van der Waals surface area contributed by atoms with Gasteiger partial charge in [0, 0.05) is 12.5 Å². The van der Waals surface area contributed by atoms with Gasteiger partial charge in [0.05, 0.1) is 0 Å². The monoisotopic (exact) mass is 222 g/mol. The lowest BCUT2D eigenvalue weighted by molar-refractivity contribution is -0.157. The maximum Gasteiger partial charge on any atom is 0.187 e. The molecule has 0 aromatic heterocycles. The second-order valence-corrected chi connectivity index (χ2v) is 6.09. The highest BCUT2D eigenvalue weighted by atomic mass is 16.5. The van der Waals surface area contributed by atoms with Crippen LogP contribution < -0.4 is 0 Å². The summed E-state index contributed by atoms with van der Waals surface area (Å²) in [5.41, 5.74) is -0.493. The molecule has 0 aliphatic heterocycles. The molecule has 0 N–H and O–H groups in total. The Hall–Kier alpha value is -0.630. The normalized spacial score (nSPS) is 44.6. The van der Waals surface area contributed by atoms with Crippen molar-refractivity contribution in [1.82, 2.24) is 0 Å². The van der Waals surface area contributed by atoms with Crippen molar-refractivity contribution < 1.29 is 9.53 Å². The van der Waals surface area contributed by atoms with Gasteiger partial charge in [0.15, 0.2) is 5.78 Å². The van der Waals surface area contributed by atoms with E-state index in [-0.39, 0.29) is 16.6 Å². The lowest BCUT2D eigenvalue weighted by Crippen LogP contribution is -2.53. The molecule has 0 aromatic carbocycles. The number of hydrogen-bond acceptors (Lipinski definition) is 2. The third kappa shape index (κ3) is 0.994. The van der Waals surface area contributed by atoms with Crippen LogP contribution in [0.5, 0.6) is 0 Å². The summed E-state index contributed by atoms with van der Waals surface area (Å²) in [6.07, 6.45) is 4.60. The molecule has 0 aromatic rings. The van der Waals surface area contributed by atoms with Crippen molar-refractivity contribution in [1.29, 1.82) is 0 Å². The molecular weight excluding hydrogens is 200 g/mol. The Balaban J connectivity index is 2.53. The summed E-state index contributed by atoms with van der Waals surface area (Å²) in [7, 11) is 1.67. The summed E-state index contributed by atoms with van der Waals surface area (Å²) in [6, 6.07) is 0. The minimum Gasteiger partial charge on any atom is -0.369 e. The van der Waals surface area contributed by atoms with Crippen LogP contribution in [0.25, 0.3) is 0 Å². The molecule has 2 rings (SSSR count). The van der Waals surface area contributed by atoms with E-state index in [1.165, 1.54) is 12.5 Å². The highest BCUT2D eigenvalue weighted by Crippen LogP contribution is 2.70. The standard InChI is InChI=1S/C14H22O2/c1-6-11(15)14(16-5)9-10-7-8-13(14,4)12(10,2)3/h6,10H,1,7-9H2,2-5H3/t10-,13-,14+/m1/s1. The molecule has 0 spiro atoms. The van der Waals surface area contributed by atoms with Crippen LogP contribution in [-0.4, -0.2) is 18.5 Å². The number of ketones is 1. The maximum absolute atomic E-state index is 12.2. The summed E-state index contributed by atoms with van der Waals surface area (Å²) in [4.78, 5) is 12.2. The fraction of sp³-hybridized carbons (Fsp3) is 0.786. The summed E-state index contributed by atoms with van der Waals surface area (Å²) in [6.45, 7) is 10.4. The third-order valence-corrected chi connectivity index (χ3v) is 5.79. The molecule has 0 amide bonds. The Labute approximate surface area is 98.1 Å². The average Bonchev–Trinajstić information content (AvgIpc) is 2.58. The first kappa shape index (κ1) is 11.8. The summed E-state index contributed by atoms with van der Waals surface area (Å²) < 4.78 is 5.70. The smallest absolute Gasteiger partial charge is 0.187 e. The topological polar surface area (TPSA) is 26.3 Å². The van der Waals surface area contributed by atoms with Crippen molar-refractivity contribution >= 4 is 5.78 Å². The molecule has 3 atom stereocenters. The molecule has 0 unspecified atom stereocenters. The number of carbonyl (C=O) groups excluding carboxylic acids is 1. The molecule has 2 nitrogen and oxygen atoms in total. The Morgan fingerprint density at radius 2 is 2.06 bits per heavy atom. The molecule has 0 saturated heterocycles. The Morgan fingerprint density at radius 3 is 2.38 bits per heavy atom. The molecule has 2 saturated carbocycles. The van der Waals surface area contributed by atoms with Crippen molar-refractivity contribution in [2.24, 2.45) is 16.7 Å². The van der Waals surface area contributed by atoms with E-state index in [2.05, 4.69) is 27.4 Å². The molecule has 90 valence electrons. The predicted octanol–water partition coefficient (Wildman–Crippen LogP) is 2.97. The lowest BCUT2D eigenvalue weighted by atomic mass is 9.63. The fourth-order valence-electron chi connectivity index (χ4n) is 4.19. The number of hydrogen-bond donors (Lipinski definition) is 0. The van der Waals surface area contributed by atoms with Crippen LogP contribution in [0.4, 0.5) is 0 Å². The lowest BCUT2D eigenvalue weighted by Gasteiger charge is -2.46. The Bertz CT molecular complexity index is 345. The average molecular weight is 222 g/mol. The fourth-order valence-corrected chi connectivity index (χ4v) is 4.19. The second-order valence-electron chi connectivity index (χ2n) is 6.09. The van der Waals surface area contributed by atoms with Gasteiger partial charge in [-0.1, -0.05) is 27.4 Å². The first-order chi connectivity index (χ1) is 7.35. The van der Waals surface area contributed by atoms with Gasteiger partial charge >= 0.3 is 0 Å². The maximum atomic E-state index is 12.2. The highest BCUT2D eigenvalue weighted by Gasteiger charge is 2.71. The van der Waals surface area contributed by atoms with Crippen LogP contribution >= 0.6 is 0 Å². The van der Waals surface area contributed by atoms with Gasteiger partial charge in [0.2, 0.25) is 0 Å². The van der Waals surface area contributed by atoms with Crippen LogP contribution in [0, 0.1) is 16.7 Å². The molecule has 0 heterocycles. The summed E-state index contributed by atoms with van der Waals surface area (Å²) in [5, 5.41) is 0. The number of fused-ring (bicyclic) bond motifs is 2. The van der Waals surface area contributed by atoms with E-state index in [0.717, 1.165) is 12.8 Å². The molecule has 2 heteroatoms.